The normalized spacial score (nSPS) is 18.7. The van der Waals surface area contributed by atoms with E-state index in [9.17, 15) is 4.79 Å². The molecule has 7 heteroatoms. The number of aromatic nitrogens is 4. The summed E-state index contributed by atoms with van der Waals surface area (Å²) in [6.07, 6.45) is 5.63. The molecule has 1 saturated heterocycles. The summed E-state index contributed by atoms with van der Waals surface area (Å²) in [6.45, 7) is 5.67. The van der Waals surface area contributed by atoms with Gasteiger partial charge in [-0.3, -0.25) is 18.8 Å². The third kappa shape index (κ3) is 3.62. The number of rotatable bonds is 4. The van der Waals surface area contributed by atoms with Crippen molar-refractivity contribution in [3.63, 3.8) is 0 Å². The zero-order valence-electron chi connectivity index (χ0n) is 14.2. The molecule has 7 nitrogen and oxygen atoms in total. The van der Waals surface area contributed by atoms with Crippen molar-refractivity contribution in [2.24, 2.45) is 0 Å². The molecule has 0 N–H and O–H groups in total. The molecule has 0 amide bonds. The van der Waals surface area contributed by atoms with Crippen molar-refractivity contribution in [2.75, 3.05) is 19.7 Å². The molecule has 1 atom stereocenters. The summed E-state index contributed by atoms with van der Waals surface area (Å²) in [7, 11) is 0. The van der Waals surface area contributed by atoms with Crippen LogP contribution in [0.1, 0.15) is 11.3 Å². The lowest BCUT2D eigenvalue weighted by Crippen LogP contribution is -2.44. The third-order valence-electron chi connectivity index (χ3n) is 4.42. The first-order chi connectivity index (χ1) is 12.2. The van der Waals surface area contributed by atoms with Crippen LogP contribution in [0.5, 0.6) is 0 Å². The van der Waals surface area contributed by atoms with Crippen LogP contribution in [0.3, 0.4) is 0 Å². The first-order valence-corrected chi connectivity index (χ1v) is 8.48. The van der Waals surface area contributed by atoms with Crippen LogP contribution in [0.4, 0.5) is 0 Å². The fourth-order valence-electron chi connectivity index (χ4n) is 3.22. The lowest BCUT2D eigenvalue weighted by molar-refractivity contribution is -0.0405. The molecule has 0 bridgehead atoms. The second kappa shape index (κ2) is 6.78. The second-order valence-corrected chi connectivity index (χ2v) is 6.48. The summed E-state index contributed by atoms with van der Waals surface area (Å²) in [5.41, 5.74) is 2.49. The molecule has 4 heterocycles. The number of pyridine rings is 1. The molecule has 1 fully saturated rings. The number of nitrogens with zero attached hydrogens (tertiary/aromatic N) is 5. The van der Waals surface area contributed by atoms with Gasteiger partial charge in [-0.05, 0) is 24.6 Å². The fraction of sp³-hybridized carbons (Fsp3) is 0.389. The van der Waals surface area contributed by atoms with Gasteiger partial charge in [-0.2, -0.15) is 5.10 Å². The van der Waals surface area contributed by atoms with E-state index in [0.29, 0.717) is 18.8 Å². The van der Waals surface area contributed by atoms with E-state index in [1.165, 1.54) is 0 Å². The van der Waals surface area contributed by atoms with E-state index in [1.807, 2.05) is 42.2 Å². The molecule has 4 rings (SSSR count). The van der Waals surface area contributed by atoms with Gasteiger partial charge >= 0.3 is 0 Å². The Morgan fingerprint density at radius 3 is 3.12 bits per heavy atom. The van der Waals surface area contributed by atoms with Crippen molar-refractivity contribution in [1.29, 1.82) is 0 Å². The van der Waals surface area contributed by atoms with Crippen molar-refractivity contribution < 1.29 is 4.74 Å². The van der Waals surface area contributed by atoms with Gasteiger partial charge in [-0.15, -0.1) is 0 Å². The maximum absolute atomic E-state index is 12.3. The predicted octanol–water partition coefficient (Wildman–Crippen LogP) is 1.10. The van der Waals surface area contributed by atoms with E-state index in [1.54, 1.807) is 16.7 Å². The van der Waals surface area contributed by atoms with Crippen LogP contribution >= 0.6 is 0 Å². The smallest absolute Gasteiger partial charge is 0.258 e. The van der Waals surface area contributed by atoms with E-state index in [2.05, 4.69) is 15.0 Å². The van der Waals surface area contributed by atoms with Gasteiger partial charge in [0.2, 0.25) is 0 Å². The summed E-state index contributed by atoms with van der Waals surface area (Å²) in [6, 6.07) is 7.40. The topological polar surface area (TPSA) is 64.7 Å². The predicted molar refractivity (Wildman–Crippen MR) is 93.4 cm³/mol. The van der Waals surface area contributed by atoms with Gasteiger partial charge in [0.25, 0.3) is 5.56 Å². The van der Waals surface area contributed by atoms with E-state index in [4.69, 9.17) is 4.74 Å². The van der Waals surface area contributed by atoms with Crippen LogP contribution in [0, 0.1) is 6.92 Å². The molecular weight excluding hydrogens is 318 g/mol. The summed E-state index contributed by atoms with van der Waals surface area (Å²) in [5.74, 6) is 0. The molecule has 0 radical (unpaired) electrons. The van der Waals surface area contributed by atoms with Crippen LogP contribution in [-0.4, -0.2) is 49.9 Å². The number of aryl methyl sites for hydroxylation is 1. The van der Waals surface area contributed by atoms with E-state index >= 15 is 0 Å². The zero-order chi connectivity index (χ0) is 17.2. The minimum atomic E-state index is -0.0370. The first kappa shape index (κ1) is 16.0. The highest BCUT2D eigenvalue weighted by molar-refractivity contribution is 5.39. The van der Waals surface area contributed by atoms with Crippen molar-refractivity contribution in [1.82, 2.24) is 24.1 Å². The molecule has 1 aliphatic heterocycles. The molecule has 130 valence electrons. The van der Waals surface area contributed by atoms with Crippen LogP contribution in [0.2, 0.25) is 0 Å². The Hall–Kier alpha value is -2.51. The molecule has 3 aromatic heterocycles. The quantitative estimate of drug-likeness (QED) is 0.712. The number of fused-ring (bicyclic) bond motifs is 1. The van der Waals surface area contributed by atoms with Gasteiger partial charge in [-0.1, -0.05) is 6.07 Å². The molecule has 0 saturated carbocycles. The standard InChI is InChI=1S/C18H21N5O2/c1-14-3-4-17-20-15(9-18(24)23(17)10-14)11-21-7-8-25-16(12-21)13-22-6-2-5-19-22/h2-6,9-10,16H,7-8,11-13H2,1H3. The molecule has 25 heavy (non-hydrogen) atoms. The SMILES string of the molecule is Cc1ccc2nc(CN3CCOC(Cn4cccn4)C3)cc(=O)n2c1. The van der Waals surface area contributed by atoms with Crippen molar-refractivity contribution in [3.05, 3.63) is 64.5 Å². The molecular formula is C18H21N5O2. The Morgan fingerprint density at radius 2 is 2.28 bits per heavy atom. The highest BCUT2D eigenvalue weighted by Crippen LogP contribution is 2.11. The lowest BCUT2D eigenvalue weighted by Gasteiger charge is -2.32. The molecule has 0 aliphatic carbocycles. The Morgan fingerprint density at radius 1 is 1.36 bits per heavy atom. The maximum Gasteiger partial charge on any atom is 0.258 e. The highest BCUT2D eigenvalue weighted by atomic mass is 16.5. The zero-order valence-corrected chi connectivity index (χ0v) is 14.2. The van der Waals surface area contributed by atoms with E-state index in [0.717, 1.165) is 30.9 Å². The molecule has 1 aliphatic rings. The molecule has 1 unspecified atom stereocenters. The minimum Gasteiger partial charge on any atom is -0.374 e. The Bertz CT molecular complexity index is 919. The van der Waals surface area contributed by atoms with Crippen molar-refractivity contribution in [2.45, 2.75) is 26.1 Å². The fourth-order valence-corrected chi connectivity index (χ4v) is 3.22. The Labute approximate surface area is 145 Å². The van der Waals surface area contributed by atoms with E-state index in [-0.39, 0.29) is 11.7 Å². The van der Waals surface area contributed by atoms with E-state index < -0.39 is 0 Å². The minimum absolute atomic E-state index is 0.0370. The van der Waals surface area contributed by atoms with Gasteiger partial charge < -0.3 is 4.74 Å². The average molecular weight is 339 g/mol. The lowest BCUT2D eigenvalue weighted by atomic mass is 10.2. The van der Waals surface area contributed by atoms with Gasteiger partial charge in [0.05, 0.1) is 24.9 Å². The maximum atomic E-state index is 12.3. The number of hydrogen-bond donors (Lipinski definition) is 0. The monoisotopic (exact) mass is 339 g/mol. The van der Waals surface area contributed by atoms with Crippen LogP contribution in [-0.2, 0) is 17.8 Å². The summed E-state index contributed by atoms with van der Waals surface area (Å²) < 4.78 is 9.32. The second-order valence-electron chi connectivity index (χ2n) is 6.48. The number of morpholine rings is 1. The van der Waals surface area contributed by atoms with Gasteiger partial charge in [0.15, 0.2) is 0 Å². The largest absolute Gasteiger partial charge is 0.374 e. The van der Waals surface area contributed by atoms with Gasteiger partial charge in [0.1, 0.15) is 5.65 Å². The van der Waals surface area contributed by atoms with Crippen LogP contribution in [0.15, 0.2) is 47.7 Å². The van der Waals surface area contributed by atoms with Gasteiger partial charge in [-0.25, -0.2) is 4.98 Å². The average Bonchev–Trinajstić information content (AvgIpc) is 3.09. The molecule has 0 aromatic carbocycles. The van der Waals surface area contributed by atoms with Gasteiger partial charge in [0, 0.05) is 44.3 Å². The summed E-state index contributed by atoms with van der Waals surface area (Å²) >= 11 is 0. The Balaban J connectivity index is 1.48. The molecule has 0 spiro atoms. The van der Waals surface area contributed by atoms with Crippen LogP contribution in [0.25, 0.3) is 5.65 Å². The summed E-state index contributed by atoms with van der Waals surface area (Å²) in [4.78, 5) is 19.3. The number of ether oxygens (including phenoxy) is 1. The number of hydrogen-bond acceptors (Lipinski definition) is 5. The van der Waals surface area contributed by atoms with Crippen molar-refractivity contribution in [3.8, 4) is 0 Å². The Kier molecular flexibility index (Phi) is 4.33. The summed E-state index contributed by atoms with van der Waals surface area (Å²) in [5, 5.41) is 4.23. The molecule has 3 aromatic rings. The third-order valence-corrected chi connectivity index (χ3v) is 4.42. The van der Waals surface area contributed by atoms with Crippen LogP contribution < -0.4 is 5.56 Å². The van der Waals surface area contributed by atoms with Crippen molar-refractivity contribution >= 4 is 5.65 Å². The first-order valence-electron chi connectivity index (χ1n) is 8.48. The highest BCUT2D eigenvalue weighted by Gasteiger charge is 2.21.